The lowest BCUT2D eigenvalue weighted by atomic mass is 9.83. The normalized spacial score (nSPS) is 15.2. The first-order valence-corrected chi connectivity index (χ1v) is 9.94. The fourth-order valence-electron chi connectivity index (χ4n) is 4.10. The highest BCUT2D eigenvalue weighted by atomic mass is 19.1. The van der Waals surface area contributed by atoms with Crippen LogP contribution in [0.1, 0.15) is 22.6 Å². The first-order chi connectivity index (χ1) is 15.9. The molecule has 0 saturated heterocycles. The predicted molar refractivity (Wildman–Crippen MR) is 116 cm³/mol. The first-order valence-electron chi connectivity index (χ1n) is 9.94. The largest absolute Gasteiger partial charge is 0.439 e. The molecule has 2 aromatic carbocycles. The number of nitrogens with two attached hydrogens (primary N) is 1. The van der Waals surface area contributed by atoms with Crippen molar-refractivity contribution in [3.8, 4) is 22.9 Å². The fraction of sp³-hybridized carbons (Fsp3) is 0.0800. The van der Waals surface area contributed by atoms with E-state index in [4.69, 9.17) is 14.9 Å². The molecule has 0 aliphatic carbocycles. The van der Waals surface area contributed by atoms with Gasteiger partial charge in [0.05, 0.1) is 16.9 Å². The number of nitrogens with zero attached hydrogens (tertiary/aromatic N) is 2. The quantitative estimate of drug-likeness (QED) is 0.357. The van der Waals surface area contributed by atoms with Gasteiger partial charge in [-0.2, -0.15) is 9.65 Å². The molecule has 162 valence electrons. The summed E-state index contributed by atoms with van der Waals surface area (Å²) >= 11 is 0. The Kier molecular flexibility index (Phi) is 4.68. The van der Waals surface area contributed by atoms with Gasteiger partial charge in [0.2, 0.25) is 11.8 Å². The Bertz CT molecular complexity index is 1570. The smallest absolute Gasteiger partial charge is 0.344 e. The standard InChI is InChI=1S/C25H15F2N3O3/c1-12-16(8-9-30-23(12)27)13-2-4-14(5-3-13)20-18(11-28)24(29)33-22-17-10-15(26)6-7-19(17)32-25(31)21(20)22/h2-10,20H,29H2,1H3. The average molecular weight is 443 g/mol. The Morgan fingerprint density at radius 3 is 2.61 bits per heavy atom. The molecule has 2 N–H and O–H groups in total. The van der Waals surface area contributed by atoms with Crippen LogP contribution >= 0.6 is 0 Å². The number of hydrogen-bond donors (Lipinski definition) is 1. The van der Waals surface area contributed by atoms with Crippen LogP contribution in [0.15, 0.2) is 75.4 Å². The summed E-state index contributed by atoms with van der Waals surface area (Å²) in [4.78, 5) is 16.6. The van der Waals surface area contributed by atoms with Gasteiger partial charge >= 0.3 is 5.63 Å². The first kappa shape index (κ1) is 20.4. The summed E-state index contributed by atoms with van der Waals surface area (Å²) in [7, 11) is 0. The van der Waals surface area contributed by atoms with Crippen molar-refractivity contribution >= 4 is 11.0 Å². The van der Waals surface area contributed by atoms with E-state index in [-0.39, 0.29) is 33.7 Å². The Balaban J connectivity index is 1.71. The van der Waals surface area contributed by atoms with E-state index in [0.29, 0.717) is 16.7 Å². The molecule has 1 aliphatic heterocycles. The topological polar surface area (TPSA) is 102 Å². The molecule has 2 aromatic heterocycles. The van der Waals surface area contributed by atoms with Crippen molar-refractivity contribution in [2.24, 2.45) is 5.73 Å². The molecule has 33 heavy (non-hydrogen) atoms. The van der Waals surface area contributed by atoms with Crippen LogP contribution in [0.5, 0.6) is 5.75 Å². The number of allylic oxidation sites excluding steroid dienone is 1. The molecular weight excluding hydrogens is 428 g/mol. The third kappa shape index (κ3) is 3.22. The summed E-state index contributed by atoms with van der Waals surface area (Å²) in [6.45, 7) is 1.63. The van der Waals surface area contributed by atoms with Crippen LogP contribution in [0.25, 0.3) is 22.1 Å². The maximum Gasteiger partial charge on any atom is 0.344 e. The minimum Gasteiger partial charge on any atom is -0.439 e. The summed E-state index contributed by atoms with van der Waals surface area (Å²) in [6, 6.07) is 14.3. The number of halogens is 2. The molecule has 0 fully saturated rings. The number of fused-ring (bicyclic) bond motifs is 3. The average Bonchev–Trinajstić information content (AvgIpc) is 2.81. The Morgan fingerprint density at radius 2 is 1.88 bits per heavy atom. The number of ether oxygens (including phenoxy) is 1. The van der Waals surface area contributed by atoms with E-state index in [9.17, 15) is 18.8 Å². The summed E-state index contributed by atoms with van der Waals surface area (Å²) in [5.41, 5.74) is 7.90. The molecular formula is C25H15F2N3O3. The van der Waals surface area contributed by atoms with Crippen LogP contribution in [0, 0.1) is 30.0 Å². The molecule has 0 bridgehead atoms. The zero-order chi connectivity index (χ0) is 23.3. The van der Waals surface area contributed by atoms with E-state index in [1.165, 1.54) is 24.4 Å². The molecule has 6 nitrogen and oxygen atoms in total. The van der Waals surface area contributed by atoms with Crippen LogP contribution in [0.2, 0.25) is 0 Å². The third-order valence-corrected chi connectivity index (χ3v) is 5.73. The van der Waals surface area contributed by atoms with E-state index < -0.39 is 23.3 Å². The molecule has 1 unspecified atom stereocenters. The van der Waals surface area contributed by atoms with E-state index in [1.807, 2.05) is 6.07 Å². The van der Waals surface area contributed by atoms with Crippen LogP contribution in [0.3, 0.4) is 0 Å². The van der Waals surface area contributed by atoms with Gasteiger partial charge in [0, 0.05) is 11.8 Å². The van der Waals surface area contributed by atoms with Gasteiger partial charge in [-0.15, -0.1) is 0 Å². The number of pyridine rings is 1. The molecule has 0 spiro atoms. The highest BCUT2D eigenvalue weighted by Crippen LogP contribution is 2.44. The molecule has 5 rings (SSSR count). The Labute approximate surface area is 186 Å². The molecule has 8 heteroatoms. The van der Waals surface area contributed by atoms with Crippen LogP contribution in [0.4, 0.5) is 8.78 Å². The van der Waals surface area contributed by atoms with E-state index in [0.717, 1.165) is 5.56 Å². The number of nitriles is 1. The maximum absolute atomic E-state index is 13.9. The van der Waals surface area contributed by atoms with Crippen LogP contribution in [-0.2, 0) is 0 Å². The van der Waals surface area contributed by atoms with Crippen molar-refractivity contribution in [3.63, 3.8) is 0 Å². The van der Waals surface area contributed by atoms with E-state index in [1.54, 1.807) is 37.3 Å². The van der Waals surface area contributed by atoms with Crippen molar-refractivity contribution in [3.05, 3.63) is 105 Å². The van der Waals surface area contributed by atoms with Gasteiger partial charge in [-0.05, 0) is 47.9 Å². The van der Waals surface area contributed by atoms with Crippen molar-refractivity contribution in [2.45, 2.75) is 12.8 Å². The monoisotopic (exact) mass is 443 g/mol. The summed E-state index contributed by atoms with van der Waals surface area (Å²) in [5.74, 6) is -2.11. The maximum atomic E-state index is 13.9. The predicted octanol–water partition coefficient (Wildman–Crippen LogP) is 4.66. The minimum absolute atomic E-state index is 0.0319. The van der Waals surface area contributed by atoms with Crippen molar-refractivity contribution in [1.82, 2.24) is 4.98 Å². The number of aromatic nitrogens is 1. The van der Waals surface area contributed by atoms with Crippen molar-refractivity contribution < 1.29 is 17.9 Å². The van der Waals surface area contributed by atoms with Gasteiger partial charge < -0.3 is 14.9 Å². The zero-order valence-electron chi connectivity index (χ0n) is 17.2. The number of benzene rings is 2. The van der Waals surface area contributed by atoms with Gasteiger partial charge in [0.1, 0.15) is 23.0 Å². The molecule has 3 heterocycles. The molecule has 0 amide bonds. The fourth-order valence-corrected chi connectivity index (χ4v) is 4.10. The van der Waals surface area contributed by atoms with E-state index >= 15 is 0 Å². The molecule has 4 aromatic rings. The second-order valence-electron chi connectivity index (χ2n) is 7.59. The van der Waals surface area contributed by atoms with Gasteiger partial charge in [0.25, 0.3) is 0 Å². The summed E-state index contributed by atoms with van der Waals surface area (Å²) in [6.07, 6.45) is 1.38. The lowest BCUT2D eigenvalue weighted by Crippen LogP contribution is -2.26. The highest BCUT2D eigenvalue weighted by molar-refractivity contribution is 5.86. The van der Waals surface area contributed by atoms with E-state index in [2.05, 4.69) is 4.98 Å². The molecule has 1 aliphatic rings. The Hall–Kier alpha value is -4.51. The highest BCUT2D eigenvalue weighted by Gasteiger charge is 2.35. The van der Waals surface area contributed by atoms with Gasteiger partial charge in [-0.1, -0.05) is 24.3 Å². The minimum atomic E-state index is -0.882. The van der Waals surface area contributed by atoms with Crippen molar-refractivity contribution in [2.75, 3.05) is 0 Å². The SMILES string of the molecule is Cc1c(-c2ccc(C3C(C#N)=C(N)Oc4c3c(=O)oc3ccc(F)cc43)cc2)ccnc1F. The van der Waals surface area contributed by atoms with Gasteiger partial charge in [0.15, 0.2) is 5.75 Å². The van der Waals surface area contributed by atoms with Crippen LogP contribution < -0.4 is 16.1 Å². The second kappa shape index (κ2) is 7.57. The molecule has 0 saturated carbocycles. The van der Waals surface area contributed by atoms with Crippen LogP contribution in [-0.4, -0.2) is 4.98 Å². The second-order valence-corrected chi connectivity index (χ2v) is 7.59. The Morgan fingerprint density at radius 1 is 1.12 bits per heavy atom. The lowest BCUT2D eigenvalue weighted by molar-refractivity contribution is 0.388. The lowest BCUT2D eigenvalue weighted by Gasteiger charge is -2.26. The number of rotatable bonds is 2. The molecule has 0 radical (unpaired) electrons. The molecule has 1 atom stereocenters. The third-order valence-electron chi connectivity index (χ3n) is 5.73. The number of hydrogen-bond acceptors (Lipinski definition) is 6. The van der Waals surface area contributed by atoms with Gasteiger partial charge in [-0.3, -0.25) is 0 Å². The summed E-state index contributed by atoms with van der Waals surface area (Å²) in [5, 5.41) is 9.99. The van der Waals surface area contributed by atoms with Crippen molar-refractivity contribution in [1.29, 1.82) is 5.26 Å². The zero-order valence-corrected chi connectivity index (χ0v) is 17.2. The summed E-state index contributed by atoms with van der Waals surface area (Å²) < 4.78 is 38.8. The van der Waals surface area contributed by atoms with Gasteiger partial charge in [-0.25, -0.2) is 14.2 Å².